The van der Waals surface area contributed by atoms with Crippen molar-refractivity contribution in [3.63, 3.8) is 0 Å². The largest absolute Gasteiger partial charge is 0.326 e. The lowest BCUT2D eigenvalue weighted by molar-refractivity contribution is 0.563. The van der Waals surface area contributed by atoms with Crippen molar-refractivity contribution < 1.29 is 0 Å². The fourth-order valence-electron chi connectivity index (χ4n) is 2.06. The molecule has 1 aliphatic carbocycles. The molecule has 1 aromatic carbocycles. The number of benzene rings is 1. The minimum Gasteiger partial charge on any atom is -0.326 e. The van der Waals surface area contributed by atoms with Crippen LogP contribution in [0.15, 0.2) is 36.7 Å². The van der Waals surface area contributed by atoms with Crippen molar-refractivity contribution in [1.82, 2.24) is 9.78 Å². The maximum Gasteiger partial charge on any atom is 0.0568 e. The monoisotopic (exact) mass is 227 g/mol. The van der Waals surface area contributed by atoms with E-state index in [1.165, 1.54) is 24.0 Å². The molecule has 0 unspecified atom stereocenters. The van der Waals surface area contributed by atoms with Crippen molar-refractivity contribution in [2.75, 3.05) is 0 Å². The number of aromatic nitrogens is 2. The third-order valence-corrected chi connectivity index (χ3v) is 3.27. The highest BCUT2D eigenvalue weighted by molar-refractivity contribution is 5.62. The average Bonchev–Trinajstić information content (AvgIpc) is 3.05. The van der Waals surface area contributed by atoms with E-state index in [-0.39, 0.29) is 0 Å². The Bertz CT molecular complexity index is 512. The Hall–Kier alpha value is -1.61. The lowest BCUT2D eigenvalue weighted by Gasteiger charge is -2.01. The van der Waals surface area contributed by atoms with Crippen LogP contribution in [0, 0.1) is 5.92 Å². The number of nitrogens with zero attached hydrogens (tertiary/aromatic N) is 2. The summed E-state index contributed by atoms with van der Waals surface area (Å²) in [5.41, 5.74) is 9.20. The first kappa shape index (κ1) is 10.5. The summed E-state index contributed by atoms with van der Waals surface area (Å²) < 4.78 is 2.06. The topological polar surface area (TPSA) is 43.8 Å². The van der Waals surface area contributed by atoms with Crippen LogP contribution in [-0.4, -0.2) is 9.78 Å². The maximum absolute atomic E-state index is 5.66. The van der Waals surface area contributed by atoms with Gasteiger partial charge in [-0.3, -0.25) is 4.68 Å². The van der Waals surface area contributed by atoms with E-state index in [2.05, 4.69) is 40.2 Å². The Morgan fingerprint density at radius 1 is 1.29 bits per heavy atom. The first-order valence-electron chi connectivity index (χ1n) is 6.17. The van der Waals surface area contributed by atoms with Gasteiger partial charge in [0.2, 0.25) is 0 Å². The van der Waals surface area contributed by atoms with Gasteiger partial charge in [0.05, 0.1) is 6.20 Å². The highest BCUT2D eigenvalue weighted by atomic mass is 15.3. The quantitative estimate of drug-likeness (QED) is 0.871. The third-order valence-electron chi connectivity index (χ3n) is 3.27. The van der Waals surface area contributed by atoms with E-state index in [9.17, 15) is 0 Å². The van der Waals surface area contributed by atoms with Crippen molar-refractivity contribution in [3.8, 4) is 11.1 Å². The van der Waals surface area contributed by atoms with Gasteiger partial charge in [0.1, 0.15) is 0 Å². The molecule has 17 heavy (non-hydrogen) atoms. The molecule has 0 amide bonds. The second-order valence-electron chi connectivity index (χ2n) is 4.80. The molecule has 2 aromatic rings. The predicted molar refractivity (Wildman–Crippen MR) is 68.3 cm³/mol. The first-order valence-corrected chi connectivity index (χ1v) is 6.17. The standard InChI is InChI=1S/C14H17N3/c15-7-12-2-1-3-13(6-12)14-8-16-17(10-14)9-11-4-5-11/h1-3,6,8,10-11H,4-5,7,9,15H2. The molecule has 0 saturated heterocycles. The van der Waals surface area contributed by atoms with E-state index < -0.39 is 0 Å². The van der Waals surface area contributed by atoms with Gasteiger partial charge < -0.3 is 5.73 Å². The van der Waals surface area contributed by atoms with Gasteiger partial charge in [0.15, 0.2) is 0 Å². The molecule has 0 aliphatic heterocycles. The number of hydrogen-bond acceptors (Lipinski definition) is 2. The molecule has 3 rings (SSSR count). The van der Waals surface area contributed by atoms with E-state index in [0.717, 1.165) is 18.0 Å². The van der Waals surface area contributed by atoms with Crippen LogP contribution >= 0.6 is 0 Å². The Kier molecular flexibility index (Phi) is 2.69. The molecule has 88 valence electrons. The zero-order chi connectivity index (χ0) is 11.7. The molecule has 1 heterocycles. The molecule has 3 nitrogen and oxygen atoms in total. The smallest absolute Gasteiger partial charge is 0.0568 e. The molecular weight excluding hydrogens is 210 g/mol. The van der Waals surface area contributed by atoms with Crippen LogP contribution < -0.4 is 5.73 Å². The van der Waals surface area contributed by atoms with Crippen molar-refractivity contribution in [1.29, 1.82) is 0 Å². The van der Waals surface area contributed by atoms with E-state index in [1.807, 2.05) is 6.20 Å². The summed E-state index contributed by atoms with van der Waals surface area (Å²) >= 11 is 0. The molecule has 0 radical (unpaired) electrons. The maximum atomic E-state index is 5.66. The highest BCUT2D eigenvalue weighted by Gasteiger charge is 2.21. The van der Waals surface area contributed by atoms with Gasteiger partial charge >= 0.3 is 0 Å². The zero-order valence-electron chi connectivity index (χ0n) is 9.84. The minimum absolute atomic E-state index is 0.587. The molecular formula is C14H17N3. The van der Waals surface area contributed by atoms with Gasteiger partial charge in [0, 0.05) is 24.8 Å². The van der Waals surface area contributed by atoms with Gasteiger partial charge in [0.25, 0.3) is 0 Å². The van der Waals surface area contributed by atoms with Crippen molar-refractivity contribution in [2.45, 2.75) is 25.9 Å². The molecule has 0 bridgehead atoms. The van der Waals surface area contributed by atoms with Gasteiger partial charge in [-0.1, -0.05) is 18.2 Å². The normalized spacial score (nSPS) is 15.1. The van der Waals surface area contributed by atoms with Crippen LogP contribution in [-0.2, 0) is 13.1 Å². The van der Waals surface area contributed by atoms with Crippen LogP contribution in [0.2, 0.25) is 0 Å². The van der Waals surface area contributed by atoms with Crippen LogP contribution in [0.3, 0.4) is 0 Å². The number of rotatable bonds is 4. The fourth-order valence-corrected chi connectivity index (χ4v) is 2.06. The predicted octanol–water partition coefficient (Wildman–Crippen LogP) is 2.42. The van der Waals surface area contributed by atoms with E-state index in [4.69, 9.17) is 5.73 Å². The van der Waals surface area contributed by atoms with Gasteiger partial charge in [-0.05, 0) is 36.0 Å². The summed E-state index contributed by atoms with van der Waals surface area (Å²) in [5.74, 6) is 0.859. The van der Waals surface area contributed by atoms with E-state index in [0.29, 0.717) is 6.54 Å². The summed E-state index contributed by atoms with van der Waals surface area (Å²) in [4.78, 5) is 0. The average molecular weight is 227 g/mol. The van der Waals surface area contributed by atoms with Crippen LogP contribution in [0.4, 0.5) is 0 Å². The lowest BCUT2D eigenvalue weighted by Crippen LogP contribution is -1.99. The van der Waals surface area contributed by atoms with Crippen molar-refractivity contribution in [2.24, 2.45) is 11.7 Å². The summed E-state index contributed by atoms with van der Waals surface area (Å²) in [5, 5.41) is 4.41. The SMILES string of the molecule is NCc1cccc(-c2cnn(CC3CC3)c2)c1. The van der Waals surface area contributed by atoms with Gasteiger partial charge in [-0.2, -0.15) is 5.10 Å². The molecule has 0 atom stereocenters. The zero-order valence-corrected chi connectivity index (χ0v) is 9.84. The third kappa shape index (κ3) is 2.39. The Balaban J connectivity index is 1.83. The fraction of sp³-hybridized carbons (Fsp3) is 0.357. The Morgan fingerprint density at radius 2 is 2.18 bits per heavy atom. The van der Waals surface area contributed by atoms with Gasteiger partial charge in [-0.15, -0.1) is 0 Å². The minimum atomic E-state index is 0.587. The molecule has 3 heteroatoms. The first-order chi connectivity index (χ1) is 8.35. The Morgan fingerprint density at radius 3 is 2.94 bits per heavy atom. The summed E-state index contributed by atoms with van der Waals surface area (Å²) in [6.07, 6.45) is 6.79. The van der Waals surface area contributed by atoms with Crippen molar-refractivity contribution >= 4 is 0 Å². The summed E-state index contributed by atoms with van der Waals surface area (Å²) in [7, 11) is 0. The molecule has 1 saturated carbocycles. The van der Waals surface area contributed by atoms with Crippen LogP contribution in [0.25, 0.3) is 11.1 Å². The molecule has 1 fully saturated rings. The summed E-state index contributed by atoms with van der Waals surface area (Å²) in [6, 6.07) is 8.35. The number of hydrogen-bond donors (Lipinski definition) is 1. The second-order valence-corrected chi connectivity index (χ2v) is 4.80. The highest BCUT2D eigenvalue weighted by Crippen LogP contribution is 2.30. The van der Waals surface area contributed by atoms with E-state index in [1.54, 1.807) is 0 Å². The van der Waals surface area contributed by atoms with Crippen LogP contribution in [0.1, 0.15) is 18.4 Å². The molecule has 2 N–H and O–H groups in total. The van der Waals surface area contributed by atoms with Gasteiger partial charge in [-0.25, -0.2) is 0 Å². The second kappa shape index (κ2) is 4.34. The molecule has 1 aliphatic rings. The van der Waals surface area contributed by atoms with Crippen molar-refractivity contribution in [3.05, 3.63) is 42.2 Å². The summed E-state index contributed by atoms with van der Waals surface area (Å²) in [6.45, 7) is 1.65. The molecule has 1 aromatic heterocycles. The number of nitrogens with two attached hydrogens (primary N) is 1. The van der Waals surface area contributed by atoms with Crippen LogP contribution in [0.5, 0.6) is 0 Å². The van der Waals surface area contributed by atoms with E-state index >= 15 is 0 Å². The lowest BCUT2D eigenvalue weighted by atomic mass is 10.1. The molecule has 0 spiro atoms. The Labute approximate surface area is 101 Å².